The van der Waals surface area contributed by atoms with E-state index in [0.717, 1.165) is 37.7 Å². The van der Waals surface area contributed by atoms with E-state index in [2.05, 4.69) is 20.9 Å². The molecule has 7 nitrogen and oxygen atoms in total. The van der Waals surface area contributed by atoms with E-state index in [4.69, 9.17) is 4.74 Å². The van der Waals surface area contributed by atoms with E-state index < -0.39 is 6.04 Å². The summed E-state index contributed by atoms with van der Waals surface area (Å²) in [5.74, 6) is -0.428. The monoisotopic (exact) mass is 444 g/mol. The molecule has 0 bridgehead atoms. The molecule has 1 aliphatic heterocycles. The van der Waals surface area contributed by atoms with Gasteiger partial charge in [-0.05, 0) is 55.5 Å². The number of nitrogens with zero attached hydrogens (tertiary/aromatic N) is 1. The molecule has 170 valence electrons. The molecule has 0 radical (unpaired) electrons. The summed E-state index contributed by atoms with van der Waals surface area (Å²) < 4.78 is 5.39. The maximum Gasteiger partial charge on any atom is 0.257 e. The number of amides is 2. The molecule has 33 heavy (non-hydrogen) atoms. The molecule has 7 heteroatoms. The topological polar surface area (TPSA) is 82.7 Å². The Morgan fingerprint density at radius 3 is 2.18 bits per heavy atom. The maximum atomic E-state index is 12.8. The highest BCUT2D eigenvalue weighted by molar-refractivity contribution is 6.08. The number of hydrogen-bond donors (Lipinski definition) is 3. The molecule has 0 aliphatic carbocycles. The number of nitrogens with one attached hydrogen (secondary N) is 3. The lowest BCUT2D eigenvalue weighted by atomic mass is 10.1. The Labute approximate surface area is 193 Å². The van der Waals surface area contributed by atoms with E-state index in [9.17, 15) is 9.59 Å². The summed E-state index contributed by atoms with van der Waals surface area (Å²) in [5, 5.41) is 8.98. The third-order valence-corrected chi connectivity index (χ3v) is 5.48. The summed E-state index contributed by atoms with van der Waals surface area (Å²) in [6.45, 7) is 4.95. The van der Waals surface area contributed by atoms with Gasteiger partial charge in [0, 0.05) is 35.8 Å². The first-order chi connectivity index (χ1) is 16.1. The van der Waals surface area contributed by atoms with Gasteiger partial charge >= 0.3 is 0 Å². The first-order valence-corrected chi connectivity index (χ1v) is 11.1. The molecule has 1 fully saturated rings. The fourth-order valence-electron chi connectivity index (χ4n) is 3.65. The van der Waals surface area contributed by atoms with E-state index in [1.165, 1.54) is 0 Å². The Bertz CT molecular complexity index is 1080. The van der Waals surface area contributed by atoms with Crippen molar-refractivity contribution in [2.45, 2.75) is 13.0 Å². The summed E-state index contributed by atoms with van der Waals surface area (Å²) in [6.07, 6.45) is 0. The number of carbonyl (C=O) groups is 2. The first-order valence-electron chi connectivity index (χ1n) is 11.1. The van der Waals surface area contributed by atoms with Crippen LogP contribution in [0.25, 0.3) is 0 Å². The highest BCUT2D eigenvalue weighted by Gasteiger charge is 2.18. The molecule has 0 aromatic heterocycles. The van der Waals surface area contributed by atoms with Crippen LogP contribution in [-0.4, -0.2) is 44.2 Å². The fourth-order valence-corrected chi connectivity index (χ4v) is 3.65. The number of para-hydroxylation sites is 2. The minimum Gasteiger partial charge on any atom is -0.378 e. The molecule has 0 saturated carbocycles. The van der Waals surface area contributed by atoms with Crippen molar-refractivity contribution in [3.05, 3.63) is 84.4 Å². The number of hydrogen-bond acceptors (Lipinski definition) is 5. The summed E-state index contributed by atoms with van der Waals surface area (Å²) in [5.41, 5.74) is 3.61. The van der Waals surface area contributed by atoms with E-state index in [1.54, 1.807) is 25.1 Å². The van der Waals surface area contributed by atoms with Gasteiger partial charge in [0.05, 0.1) is 18.8 Å². The van der Waals surface area contributed by atoms with Gasteiger partial charge < -0.3 is 25.6 Å². The Hall–Kier alpha value is -3.84. The molecule has 1 saturated heterocycles. The lowest BCUT2D eigenvalue weighted by Crippen LogP contribution is -2.36. The smallest absolute Gasteiger partial charge is 0.257 e. The zero-order valence-corrected chi connectivity index (χ0v) is 18.6. The molecule has 2 amide bonds. The predicted molar refractivity (Wildman–Crippen MR) is 132 cm³/mol. The van der Waals surface area contributed by atoms with Crippen LogP contribution in [0.2, 0.25) is 0 Å². The zero-order chi connectivity index (χ0) is 23.0. The molecular formula is C26H28N4O3. The molecule has 3 N–H and O–H groups in total. The highest BCUT2D eigenvalue weighted by atomic mass is 16.5. The van der Waals surface area contributed by atoms with Gasteiger partial charge in [-0.15, -0.1) is 0 Å². The van der Waals surface area contributed by atoms with Gasteiger partial charge in [0.1, 0.15) is 6.04 Å². The predicted octanol–water partition coefficient (Wildman–Crippen LogP) is 4.21. The number of morpholine rings is 1. The standard InChI is InChI=1S/C26H28N4O3/c1-19(25(31)28-21-11-13-22(14-12-21)30-15-17-33-18-16-30)27-24-10-6-5-9-23(24)26(32)29-20-7-3-2-4-8-20/h2-14,19,27H,15-18H2,1H3,(H,28,31)(H,29,32). The van der Waals surface area contributed by atoms with Crippen LogP contribution in [0.4, 0.5) is 22.7 Å². The van der Waals surface area contributed by atoms with Crippen molar-refractivity contribution in [3.8, 4) is 0 Å². The average molecular weight is 445 g/mol. The normalized spacial score (nSPS) is 14.3. The lowest BCUT2D eigenvalue weighted by Gasteiger charge is -2.29. The summed E-state index contributed by atoms with van der Waals surface area (Å²) in [4.78, 5) is 27.8. The molecule has 1 heterocycles. The van der Waals surface area contributed by atoms with Crippen LogP contribution in [0.1, 0.15) is 17.3 Å². The quantitative estimate of drug-likeness (QED) is 0.508. The minimum atomic E-state index is -0.547. The molecule has 1 unspecified atom stereocenters. The second-order valence-electron chi connectivity index (χ2n) is 7.87. The van der Waals surface area contributed by atoms with E-state index in [0.29, 0.717) is 16.9 Å². The molecule has 1 atom stereocenters. The van der Waals surface area contributed by atoms with Gasteiger partial charge in [0.25, 0.3) is 5.91 Å². The molecule has 4 rings (SSSR count). The van der Waals surface area contributed by atoms with Crippen LogP contribution in [-0.2, 0) is 9.53 Å². The van der Waals surface area contributed by atoms with Crippen LogP contribution < -0.4 is 20.9 Å². The third kappa shape index (κ3) is 5.90. The second-order valence-corrected chi connectivity index (χ2v) is 7.87. The Kier molecular flexibility index (Phi) is 7.22. The van der Waals surface area contributed by atoms with Crippen LogP contribution >= 0.6 is 0 Å². The van der Waals surface area contributed by atoms with Crippen molar-refractivity contribution >= 4 is 34.6 Å². The zero-order valence-electron chi connectivity index (χ0n) is 18.6. The van der Waals surface area contributed by atoms with Gasteiger partial charge in [-0.3, -0.25) is 9.59 Å². The molecule has 1 aliphatic rings. The summed E-state index contributed by atoms with van der Waals surface area (Å²) in [6, 6.07) is 23.7. The van der Waals surface area contributed by atoms with Crippen molar-refractivity contribution in [1.82, 2.24) is 0 Å². The van der Waals surface area contributed by atoms with Gasteiger partial charge in [0.2, 0.25) is 5.91 Å². The van der Waals surface area contributed by atoms with Crippen LogP contribution in [0.3, 0.4) is 0 Å². The van der Waals surface area contributed by atoms with Gasteiger partial charge in [-0.25, -0.2) is 0 Å². The Morgan fingerprint density at radius 2 is 1.45 bits per heavy atom. The Morgan fingerprint density at radius 1 is 0.818 bits per heavy atom. The second kappa shape index (κ2) is 10.7. The van der Waals surface area contributed by atoms with Crippen molar-refractivity contribution in [3.63, 3.8) is 0 Å². The van der Waals surface area contributed by atoms with Crippen LogP contribution in [0.15, 0.2) is 78.9 Å². The number of anilines is 4. The number of rotatable bonds is 7. The SMILES string of the molecule is CC(Nc1ccccc1C(=O)Nc1ccccc1)C(=O)Nc1ccc(N2CCOCC2)cc1. The number of ether oxygens (including phenoxy) is 1. The summed E-state index contributed by atoms with van der Waals surface area (Å²) in [7, 11) is 0. The van der Waals surface area contributed by atoms with Crippen LogP contribution in [0.5, 0.6) is 0 Å². The van der Waals surface area contributed by atoms with Crippen molar-refractivity contribution in [1.29, 1.82) is 0 Å². The van der Waals surface area contributed by atoms with E-state index in [1.807, 2.05) is 60.7 Å². The van der Waals surface area contributed by atoms with Gasteiger partial charge in [-0.1, -0.05) is 30.3 Å². The first kappa shape index (κ1) is 22.4. The van der Waals surface area contributed by atoms with Crippen LogP contribution in [0, 0.1) is 0 Å². The van der Waals surface area contributed by atoms with E-state index >= 15 is 0 Å². The molecular weight excluding hydrogens is 416 g/mol. The lowest BCUT2D eigenvalue weighted by molar-refractivity contribution is -0.116. The van der Waals surface area contributed by atoms with Gasteiger partial charge in [-0.2, -0.15) is 0 Å². The minimum absolute atomic E-state index is 0.188. The molecule has 0 spiro atoms. The van der Waals surface area contributed by atoms with Gasteiger partial charge in [0.15, 0.2) is 0 Å². The summed E-state index contributed by atoms with van der Waals surface area (Å²) >= 11 is 0. The fraction of sp³-hybridized carbons (Fsp3) is 0.231. The number of carbonyl (C=O) groups excluding carboxylic acids is 2. The molecule has 3 aromatic rings. The maximum absolute atomic E-state index is 12.8. The van der Waals surface area contributed by atoms with Crippen molar-refractivity contribution in [2.75, 3.05) is 47.2 Å². The Balaban J connectivity index is 1.37. The average Bonchev–Trinajstić information content (AvgIpc) is 2.86. The number of benzene rings is 3. The third-order valence-electron chi connectivity index (χ3n) is 5.48. The molecule has 3 aromatic carbocycles. The van der Waals surface area contributed by atoms with Crippen molar-refractivity contribution in [2.24, 2.45) is 0 Å². The highest BCUT2D eigenvalue weighted by Crippen LogP contribution is 2.21. The largest absolute Gasteiger partial charge is 0.378 e. The van der Waals surface area contributed by atoms with E-state index in [-0.39, 0.29) is 11.8 Å². The van der Waals surface area contributed by atoms with Crippen molar-refractivity contribution < 1.29 is 14.3 Å².